The lowest BCUT2D eigenvalue weighted by atomic mass is 9.81. The SMILES string of the molecule is CC(=O)N[C@@H]1[C@@H](O)[C@H](O)[C@@H](CO)OC1(O)C1O[C@H](CO)[C@@H](O)[C@H](O)[C@@H]1O. The smallest absolute Gasteiger partial charge is 0.219 e. The van der Waals surface area contributed by atoms with Gasteiger partial charge in [-0.1, -0.05) is 0 Å². The first-order valence-electron chi connectivity index (χ1n) is 8.03. The number of carbonyl (C=O) groups excluding carboxylic acids is 1. The molecule has 2 saturated heterocycles. The molecular weight excluding hydrogens is 358 g/mol. The molecule has 2 aliphatic rings. The summed E-state index contributed by atoms with van der Waals surface area (Å²) < 4.78 is 10.5. The van der Waals surface area contributed by atoms with Crippen molar-refractivity contribution in [2.45, 2.75) is 67.6 Å². The van der Waals surface area contributed by atoms with Crippen LogP contribution in [0.3, 0.4) is 0 Å². The fourth-order valence-electron chi connectivity index (χ4n) is 3.29. The van der Waals surface area contributed by atoms with Crippen LogP contribution in [-0.4, -0.2) is 121 Å². The lowest BCUT2D eigenvalue weighted by molar-refractivity contribution is -0.385. The summed E-state index contributed by atoms with van der Waals surface area (Å²) in [7, 11) is 0. The molecule has 0 aromatic rings. The zero-order chi connectivity index (χ0) is 19.8. The van der Waals surface area contributed by atoms with Crippen LogP contribution in [0.1, 0.15) is 6.92 Å². The molecule has 0 aliphatic carbocycles. The van der Waals surface area contributed by atoms with Crippen molar-refractivity contribution in [2.24, 2.45) is 0 Å². The number of aliphatic hydroxyl groups is 8. The molecule has 0 radical (unpaired) electrons. The van der Waals surface area contributed by atoms with Crippen LogP contribution in [0, 0.1) is 0 Å². The lowest BCUT2D eigenvalue weighted by Gasteiger charge is -2.54. The van der Waals surface area contributed by atoms with E-state index in [4.69, 9.17) is 9.47 Å². The van der Waals surface area contributed by atoms with Crippen molar-refractivity contribution in [1.82, 2.24) is 5.32 Å². The van der Waals surface area contributed by atoms with Gasteiger partial charge in [-0.3, -0.25) is 4.79 Å². The van der Waals surface area contributed by atoms with Crippen molar-refractivity contribution in [1.29, 1.82) is 0 Å². The van der Waals surface area contributed by atoms with Gasteiger partial charge in [-0.2, -0.15) is 0 Å². The van der Waals surface area contributed by atoms with E-state index in [1.54, 1.807) is 0 Å². The number of aliphatic hydroxyl groups excluding tert-OH is 7. The summed E-state index contributed by atoms with van der Waals surface area (Å²) in [6, 6.07) is -1.72. The topological polar surface area (TPSA) is 209 Å². The largest absolute Gasteiger partial charge is 0.394 e. The van der Waals surface area contributed by atoms with E-state index in [1.165, 1.54) is 0 Å². The minimum Gasteiger partial charge on any atom is -0.394 e. The molecule has 2 heterocycles. The minimum atomic E-state index is -2.72. The van der Waals surface area contributed by atoms with Crippen molar-refractivity contribution in [3.63, 3.8) is 0 Å². The quantitative estimate of drug-likeness (QED) is 0.223. The van der Waals surface area contributed by atoms with Gasteiger partial charge in [0, 0.05) is 6.92 Å². The summed E-state index contributed by atoms with van der Waals surface area (Å²) in [5.41, 5.74) is 0. The Kier molecular flexibility index (Phi) is 6.56. The molecule has 10 atom stereocenters. The molecule has 0 bridgehead atoms. The van der Waals surface area contributed by atoms with E-state index >= 15 is 0 Å². The second-order valence-corrected chi connectivity index (χ2v) is 6.50. The Morgan fingerprint density at radius 3 is 1.96 bits per heavy atom. The van der Waals surface area contributed by atoms with Crippen molar-refractivity contribution in [3.8, 4) is 0 Å². The average molecular weight is 383 g/mol. The highest BCUT2D eigenvalue weighted by Gasteiger charge is 2.62. The van der Waals surface area contributed by atoms with E-state index in [0.29, 0.717) is 0 Å². The third-order valence-electron chi connectivity index (χ3n) is 4.70. The number of nitrogens with one attached hydrogen (secondary N) is 1. The minimum absolute atomic E-state index is 0.727. The molecule has 12 heteroatoms. The van der Waals surface area contributed by atoms with Crippen LogP contribution in [0.2, 0.25) is 0 Å². The van der Waals surface area contributed by atoms with Crippen LogP contribution in [0.4, 0.5) is 0 Å². The van der Waals surface area contributed by atoms with Crippen LogP contribution >= 0.6 is 0 Å². The summed E-state index contributed by atoms with van der Waals surface area (Å²) in [6.45, 7) is -0.549. The van der Waals surface area contributed by atoms with E-state index in [9.17, 15) is 45.6 Å². The zero-order valence-corrected chi connectivity index (χ0v) is 13.9. The molecule has 2 aliphatic heterocycles. The van der Waals surface area contributed by atoms with Gasteiger partial charge in [0.1, 0.15) is 54.9 Å². The summed E-state index contributed by atoms with van der Waals surface area (Å²) in [5, 5.41) is 82.0. The summed E-state index contributed by atoms with van der Waals surface area (Å²) in [5.74, 6) is -3.44. The third kappa shape index (κ3) is 3.57. The first kappa shape index (κ1) is 21.4. The van der Waals surface area contributed by atoms with Gasteiger partial charge in [-0.05, 0) is 0 Å². The predicted octanol–water partition coefficient (Wildman–Crippen LogP) is -5.86. The van der Waals surface area contributed by atoms with Gasteiger partial charge < -0.3 is 55.6 Å². The van der Waals surface area contributed by atoms with Gasteiger partial charge >= 0.3 is 0 Å². The average Bonchev–Trinajstić information content (AvgIpc) is 2.60. The van der Waals surface area contributed by atoms with Gasteiger partial charge in [0.25, 0.3) is 0 Å². The van der Waals surface area contributed by atoms with Crippen LogP contribution in [-0.2, 0) is 14.3 Å². The van der Waals surface area contributed by atoms with Crippen LogP contribution < -0.4 is 5.32 Å². The summed E-state index contributed by atoms with van der Waals surface area (Å²) >= 11 is 0. The number of ether oxygens (including phenoxy) is 2. The second-order valence-electron chi connectivity index (χ2n) is 6.50. The Bertz CT molecular complexity index is 505. The van der Waals surface area contributed by atoms with Gasteiger partial charge in [-0.25, -0.2) is 0 Å². The number of carbonyl (C=O) groups is 1. The summed E-state index contributed by atoms with van der Waals surface area (Å²) in [6.07, 6.45) is -13.8. The molecule has 0 aromatic carbocycles. The fourth-order valence-corrected chi connectivity index (χ4v) is 3.29. The van der Waals surface area contributed by atoms with E-state index in [2.05, 4.69) is 5.32 Å². The molecular formula is C14H25NO11. The Hall–Kier alpha value is -0.930. The maximum Gasteiger partial charge on any atom is 0.219 e. The van der Waals surface area contributed by atoms with Crippen molar-refractivity contribution in [2.75, 3.05) is 13.2 Å². The van der Waals surface area contributed by atoms with Gasteiger partial charge in [0.2, 0.25) is 11.7 Å². The van der Waals surface area contributed by atoms with E-state index < -0.39 is 79.8 Å². The zero-order valence-electron chi connectivity index (χ0n) is 13.9. The van der Waals surface area contributed by atoms with Crippen molar-refractivity contribution < 1.29 is 55.1 Å². The van der Waals surface area contributed by atoms with E-state index in [0.717, 1.165) is 6.92 Å². The van der Waals surface area contributed by atoms with Gasteiger partial charge in [0.15, 0.2) is 0 Å². The van der Waals surface area contributed by atoms with E-state index in [-0.39, 0.29) is 0 Å². The number of amides is 1. The molecule has 12 nitrogen and oxygen atoms in total. The van der Waals surface area contributed by atoms with Gasteiger partial charge in [0.05, 0.1) is 13.2 Å². The Morgan fingerprint density at radius 1 is 0.923 bits per heavy atom. The molecule has 26 heavy (non-hydrogen) atoms. The Labute approximate surface area is 148 Å². The van der Waals surface area contributed by atoms with E-state index in [1.807, 2.05) is 0 Å². The highest BCUT2D eigenvalue weighted by Crippen LogP contribution is 2.37. The summed E-state index contributed by atoms with van der Waals surface area (Å²) in [4.78, 5) is 11.5. The normalized spacial score (nSPS) is 49.7. The number of hydrogen-bond acceptors (Lipinski definition) is 11. The molecule has 0 aromatic heterocycles. The molecule has 2 rings (SSSR count). The molecule has 0 spiro atoms. The molecule has 2 fully saturated rings. The molecule has 152 valence electrons. The number of rotatable bonds is 4. The molecule has 9 N–H and O–H groups in total. The Balaban J connectivity index is 2.43. The van der Waals surface area contributed by atoms with Crippen molar-refractivity contribution in [3.05, 3.63) is 0 Å². The predicted molar refractivity (Wildman–Crippen MR) is 80.3 cm³/mol. The van der Waals surface area contributed by atoms with Crippen LogP contribution in [0.5, 0.6) is 0 Å². The molecule has 2 unspecified atom stereocenters. The third-order valence-corrected chi connectivity index (χ3v) is 4.70. The monoisotopic (exact) mass is 383 g/mol. The Morgan fingerprint density at radius 2 is 1.46 bits per heavy atom. The molecule has 1 amide bonds. The maximum atomic E-state index is 11.5. The highest BCUT2D eigenvalue weighted by molar-refractivity contribution is 5.73. The standard InChI is InChI=1S/C14H25NO11/c1-4(18)15-12-10(22)8(20)6(3-17)26-14(12,24)13-11(23)9(21)7(19)5(2-16)25-13/h5-13,16-17,19-24H,2-3H2,1H3,(H,15,18)/t5-,6-,7-,8-,9+,10+,11+,12-,13?,14?/m1/s1. The highest BCUT2D eigenvalue weighted by atomic mass is 16.7. The maximum absolute atomic E-state index is 11.5. The first-order chi connectivity index (χ1) is 12.1. The van der Waals surface area contributed by atoms with Gasteiger partial charge in [-0.15, -0.1) is 0 Å². The van der Waals surface area contributed by atoms with Crippen molar-refractivity contribution >= 4 is 5.91 Å². The lowest BCUT2D eigenvalue weighted by Crippen LogP contribution is -2.78. The second kappa shape index (κ2) is 7.98. The first-order valence-corrected chi connectivity index (χ1v) is 8.03. The number of hydrogen-bond donors (Lipinski definition) is 9. The van der Waals surface area contributed by atoms with Crippen LogP contribution in [0.15, 0.2) is 0 Å². The van der Waals surface area contributed by atoms with Crippen LogP contribution in [0.25, 0.3) is 0 Å². The fraction of sp³-hybridized carbons (Fsp3) is 0.929. The molecule has 0 saturated carbocycles.